The third-order valence-electron chi connectivity index (χ3n) is 2.72. The summed E-state index contributed by atoms with van der Waals surface area (Å²) in [5, 5.41) is 0. The van der Waals surface area contributed by atoms with Crippen molar-refractivity contribution in [1.82, 2.24) is 9.55 Å². The van der Waals surface area contributed by atoms with Crippen molar-refractivity contribution in [1.29, 1.82) is 0 Å². The number of benzene rings is 1. The lowest BCUT2D eigenvalue weighted by molar-refractivity contribution is 0.773. The summed E-state index contributed by atoms with van der Waals surface area (Å²) in [5.41, 5.74) is 6.74. The highest BCUT2D eigenvalue weighted by atomic mass is 15.3. The smallest absolute Gasteiger partial charge is 0.210 e. The van der Waals surface area contributed by atoms with Crippen LogP contribution in [0.4, 0.5) is 5.95 Å². The molecule has 0 bridgehead atoms. The van der Waals surface area contributed by atoms with Crippen LogP contribution in [0.25, 0.3) is 5.69 Å². The maximum Gasteiger partial charge on any atom is 0.210 e. The molecule has 2 rings (SSSR count). The van der Waals surface area contributed by atoms with Crippen LogP contribution in [0.1, 0.15) is 6.92 Å². The van der Waals surface area contributed by atoms with Crippen LogP contribution in [0.2, 0.25) is 0 Å². The molecule has 0 saturated heterocycles. The van der Waals surface area contributed by atoms with Crippen LogP contribution < -0.4 is 10.6 Å². The van der Waals surface area contributed by atoms with Crippen molar-refractivity contribution in [3.8, 4) is 5.69 Å². The summed E-state index contributed by atoms with van der Waals surface area (Å²) in [5.74, 6) is 0.948. The highest BCUT2D eigenvalue weighted by molar-refractivity contribution is 5.43. The largest absolute Gasteiger partial charge is 0.341 e. The van der Waals surface area contributed by atoms with Crippen LogP contribution >= 0.6 is 0 Å². The summed E-state index contributed by atoms with van der Waals surface area (Å²) in [7, 11) is 0. The highest BCUT2D eigenvalue weighted by Gasteiger charge is 2.10. The maximum atomic E-state index is 5.62. The van der Waals surface area contributed by atoms with Gasteiger partial charge in [-0.2, -0.15) is 0 Å². The van der Waals surface area contributed by atoms with Gasteiger partial charge in [0.25, 0.3) is 0 Å². The van der Waals surface area contributed by atoms with Gasteiger partial charge in [-0.3, -0.25) is 4.57 Å². The first-order chi connectivity index (χ1) is 8.36. The number of aromatic nitrogens is 2. The zero-order valence-electron chi connectivity index (χ0n) is 10.1. The molecule has 17 heavy (non-hydrogen) atoms. The second kappa shape index (κ2) is 5.50. The molecule has 1 aromatic carbocycles. The van der Waals surface area contributed by atoms with Gasteiger partial charge in [0.2, 0.25) is 5.95 Å². The average molecular weight is 230 g/mol. The number of para-hydroxylation sites is 1. The molecule has 0 atom stereocenters. The lowest BCUT2D eigenvalue weighted by Gasteiger charge is -2.22. The standard InChI is InChI=1S/C13H18N4/c1-2-16(10-8-14)13-15-9-11-17(13)12-6-4-3-5-7-12/h3-7,9,11H,2,8,10,14H2,1H3. The molecule has 2 N–H and O–H groups in total. The van der Waals surface area contributed by atoms with E-state index in [0.717, 1.165) is 24.7 Å². The number of hydrogen-bond acceptors (Lipinski definition) is 3. The molecular weight excluding hydrogens is 212 g/mol. The van der Waals surface area contributed by atoms with E-state index in [1.165, 1.54) is 0 Å². The van der Waals surface area contributed by atoms with Gasteiger partial charge in [-0.25, -0.2) is 4.98 Å². The van der Waals surface area contributed by atoms with Gasteiger partial charge in [0, 0.05) is 37.7 Å². The van der Waals surface area contributed by atoms with Gasteiger partial charge in [-0.1, -0.05) is 18.2 Å². The third-order valence-corrected chi connectivity index (χ3v) is 2.72. The average Bonchev–Trinajstić information content (AvgIpc) is 2.86. The van der Waals surface area contributed by atoms with Crippen molar-refractivity contribution >= 4 is 5.95 Å². The summed E-state index contributed by atoms with van der Waals surface area (Å²) < 4.78 is 2.08. The van der Waals surface area contributed by atoms with E-state index in [1.54, 1.807) is 0 Å². The molecular formula is C13H18N4. The van der Waals surface area contributed by atoms with Crippen LogP contribution in [0.15, 0.2) is 42.7 Å². The maximum absolute atomic E-state index is 5.62. The molecule has 4 heteroatoms. The van der Waals surface area contributed by atoms with E-state index >= 15 is 0 Å². The first-order valence-corrected chi connectivity index (χ1v) is 5.90. The molecule has 2 aromatic rings. The van der Waals surface area contributed by atoms with Crippen molar-refractivity contribution in [2.75, 3.05) is 24.5 Å². The second-order valence-corrected chi connectivity index (χ2v) is 3.80. The van der Waals surface area contributed by atoms with E-state index in [1.807, 2.05) is 30.6 Å². The van der Waals surface area contributed by atoms with E-state index in [9.17, 15) is 0 Å². The Morgan fingerprint density at radius 1 is 1.29 bits per heavy atom. The predicted molar refractivity (Wildman–Crippen MR) is 70.5 cm³/mol. The van der Waals surface area contributed by atoms with Crippen molar-refractivity contribution < 1.29 is 0 Å². The molecule has 0 aliphatic carbocycles. The summed E-state index contributed by atoms with van der Waals surface area (Å²) in [6.07, 6.45) is 3.80. The Labute approximate surface area is 102 Å². The molecule has 0 amide bonds. The lowest BCUT2D eigenvalue weighted by atomic mass is 10.3. The zero-order valence-corrected chi connectivity index (χ0v) is 10.1. The van der Waals surface area contributed by atoms with Crippen LogP contribution in [-0.2, 0) is 0 Å². The van der Waals surface area contributed by atoms with Crippen LogP contribution in [0.5, 0.6) is 0 Å². The van der Waals surface area contributed by atoms with E-state index in [4.69, 9.17) is 5.73 Å². The Bertz CT molecular complexity index is 449. The topological polar surface area (TPSA) is 47.1 Å². The van der Waals surface area contributed by atoms with Crippen molar-refractivity contribution in [3.05, 3.63) is 42.7 Å². The van der Waals surface area contributed by atoms with Gasteiger partial charge in [-0.15, -0.1) is 0 Å². The number of nitrogens with zero attached hydrogens (tertiary/aromatic N) is 3. The fraction of sp³-hybridized carbons (Fsp3) is 0.308. The number of imidazole rings is 1. The zero-order chi connectivity index (χ0) is 12.1. The first kappa shape index (κ1) is 11.7. The lowest BCUT2D eigenvalue weighted by Crippen LogP contribution is -2.31. The minimum absolute atomic E-state index is 0.634. The predicted octanol–water partition coefficient (Wildman–Crippen LogP) is 1.66. The van der Waals surface area contributed by atoms with E-state index in [2.05, 4.69) is 33.5 Å². The van der Waals surface area contributed by atoms with Gasteiger partial charge >= 0.3 is 0 Å². The fourth-order valence-electron chi connectivity index (χ4n) is 1.88. The molecule has 0 radical (unpaired) electrons. The molecule has 0 saturated carbocycles. The molecule has 4 nitrogen and oxygen atoms in total. The highest BCUT2D eigenvalue weighted by Crippen LogP contribution is 2.17. The van der Waals surface area contributed by atoms with Crippen molar-refractivity contribution in [3.63, 3.8) is 0 Å². The SMILES string of the molecule is CCN(CCN)c1nccn1-c1ccccc1. The summed E-state index contributed by atoms with van der Waals surface area (Å²) in [6.45, 7) is 4.47. The molecule has 0 aliphatic rings. The summed E-state index contributed by atoms with van der Waals surface area (Å²) in [4.78, 5) is 6.59. The monoisotopic (exact) mass is 230 g/mol. The summed E-state index contributed by atoms with van der Waals surface area (Å²) in [6, 6.07) is 10.2. The van der Waals surface area contributed by atoms with Gasteiger partial charge in [0.05, 0.1) is 0 Å². The van der Waals surface area contributed by atoms with Gasteiger partial charge in [0.1, 0.15) is 0 Å². The molecule has 90 valence electrons. The van der Waals surface area contributed by atoms with Crippen molar-refractivity contribution in [2.45, 2.75) is 6.92 Å². The molecule has 0 aliphatic heterocycles. The minimum atomic E-state index is 0.634. The molecule has 1 heterocycles. The Kier molecular flexibility index (Phi) is 3.77. The van der Waals surface area contributed by atoms with E-state index in [0.29, 0.717) is 6.54 Å². The van der Waals surface area contributed by atoms with Gasteiger partial charge < -0.3 is 10.6 Å². The Hall–Kier alpha value is -1.81. The fourth-order valence-corrected chi connectivity index (χ4v) is 1.88. The number of nitrogens with two attached hydrogens (primary N) is 1. The molecule has 0 spiro atoms. The van der Waals surface area contributed by atoms with E-state index < -0.39 is 0 Å². The number of rotatable bonds is 5. The summed E-state index contributed by atoms with van der Waals surface area (Å²) >= 11 is 0. The van der Waals surface area contributed by atoms with Gasteiger partial charge in [0.15, 0.2) is 0 Å². The Balaban J connectivity index is 2.34. The van der Waals surface area contributed by atoms with Crippen LogP contribution in [0, 0.1) is 0 Å². The Morgan fingerprint density at radius 2 is 2.06 bits per heavy atom. The first-order valence-electron chi connectivity index (χ1n) is 5.90. The molecule has 0 unspecified atom stereocenters. The van der Waals surface area contributed by atoms with Gasteiger partial charge in [-0.05, 0) is 19.1 Å². The Morgan fingerprint density at radius 3 is 2.71 bits per heavy atom. The minimum Gasteiger partial charge on any atom is -0.341 e. The van der Waals surface area contributed by atoms with Crippen molar-refractivity contribution in [2.24, 2.45) is 5.73 Å². The number of hydrogen-bond donors (Lipinski definition) is 1. The third kappa shape index (κ3) is 2.47. The molecule has 1 aromatic heterocycles. The number of likely N-dealkylation sites (N-methyl/N-ethyl adjacent to an activating group) is 1. The van der Waals surface area contributed by atoms with Crippen LogP contribution in [0.3, 0.4) is 0 Å². The normalized spacial score (nSPS) is 10.5. The van der Waals surface area contributed by atoms with Crippen LogP contribution in [-0.4, -0.2) is 29.2 Å². The van der Waals surface area contributed by atoms with E-state index in [-0.39, 0.29) is 0 Å². The second-order valence-electron chi connectivity index (χ2n) is 3.80. The molecule has 0 fully saturated rings. The number of anilines is 1. The quantitative estimate of drug-likeness (QED) is 0.849.